The SMILES string of the molecule is CC(C)[C@@H](NC(=O)[C@@H]1C[C@@H](OC(F)F)CN1C(=O)CNC(=O)c1ccc(Oc2ccccc2)cc1)c1cc(C(=N)N)cs1. The Hall–Kier alpha value is -4.36. The van der Waals surface area contributed by atoms with Crippen molar-refractivity contribution in [3.8, 4) is 11.5 Å². The molecule has 1 saturated heterocycles. The van der Waals surface area contributed by atoms with Gasteiger partial charge in [-0.1, -0.05) is 32.0 Å². The number of nitrogens with zero attached hydrogens (tertiary/aromatic N) is 1. The summed E-state index contributed by atoms with van der Waals surface area (Å²) in [7, 11) is 0. The number of amides is 3. The third-order valence-electron chi connectivity index (χ3n) is 6.88. The van der Waals surface area contributed by atoms with Crippen molar-refractivity contribution in [2.75, 3.05) is 13.1 Å². The number of alkyl halides is 2. The summed E-state index contributed by atoms with van der Waals surface area (Å²) in [4.78, 5) is 41.3. The van der Waals surface area contributed by atoms with Crippen LogP contribution in [0.1, 0.15) is 47.1 Å². The average molecular weight is 614 g/mol. The molecule has 3 amide bonds. The number of nitrogen functional groups attached to an aromatic ring is 1. The van der Waals surface area contributed by atoms with Crippen LogP contribution in [0.4, 0.5) is 8.78 Å². The van der Waals surface area contributed by atoms with E-state index >= 15 is 0 Å². The summed E-state index contributed by atoms with van der Waals surface area (Å²) in [5, 5.41) is 14.8. The molecule has 228 valence electrons. The Kier molecular flexibility index (Phi) is 10.4. The Balaban J connectivity index is 1.40. The summed E-state index contributed by atoms with van der Waals surface area (Å²) < 4.78 is 36.4. The molecule has 2 aromatic carbocycles. The zero-order valence-corrected chi connectivity index (χ0v) is 24.4. The zero-order valence-electron chi connectivity index (χ0n) is 23.6. The molecule has 10 nitrogen and oxygen atoms in total. The fourth-order valence-electron chi connectivity index (χ4n) is 4.70. The largest absolute Gasteiger partial charge is 0.457 e. The van der Waals surface area contributed by atoms with Crippen LogP contribution in [-0.2, 0) is 14.3 Å². The number of carbonyl (C=O) groups is 3. The molecule has 1 aromatic heterocycles. The predicted octanol–water partition coefficient (Wildman–Crippen LogP) is 4.28. The zero-order chi connectivity index (χ0) is 31.1. The minimum absolute atomic E-state index is 0.0650. The van der Waals surface area contributed by atoms with Crippen LogP contribution >= 0.6 is 11.3 Å². The lowest BCUT2D eigenvalue weighted by Crippen LogP contribution is -2.50. The molecule has 0 unspecified atom stereocenters. The molecule has 1 fully saturated rings. The molecule has 0 aliphatic carbocycles. The van der Waals surface area contributed by atoms with E-state index in [-0.39, 0.29) is 30.3 Å². The number of halogens is 2. The second-order valence-electron chi connectivity index (χ2n) is 10.3. The first-order chi connectivity index (χ1) is 20.5. The van der Waals surface area contributed by atoms with Crippen LogP contribution in [0.25, 0.3) is 0 Å². The van der Waals surface area contributed by atoms with Crippen LogP contribution in [-0.4, -0.2) is 60.3 Å². The summed E-state index contributed by atoms with van der Waals surface area (Å²) in [5.41, 5.74) is 6.39. The highest BCUT2D eigenvalue weighted by molar-refractivity contribution is 7.10. The van der Waals surface area contributed by atoms with Crippen molar-refractivity contribution in [2.45, 2.75) is 45.1 Å². The van der Waals surface area contributed by atoms with E-state index in [1.54, 1.807) is 47.8 Å². The van der Waals surface area contributed by atoms with Crippen molar-refractivity contribution in [1.29, 1.82) is 5.41 Å². The van der Waals surface area contributed by atoms with Gasteiger partial charge in [0.15, 0.2) is 0 Å². The van der Waals surface area contributed by atoms with Crippen LogP contribution < -0.4 is 21.1 Å². The molecule has 5 N–H and O–H groups in total. The number of hydrogen-bond donors (Lipinski definition) is 4. The van der Waals surface area contributed by atoms with Crippen LogP contribution in [0, 0.1) is 11.3 Å². The lowest BCUT2D eigenvalue weighted by molar-refractivity contribution is -0.160. The molecule has 43 heavy (non-hydrogen) atoms. The van der Waals surface area contributed by atoms with Gasteiger partial charge in [-0.2, -0.15) is 8.78 Å². The first kappa shape index (κ1) is 31.6. The molecule has 2 heterocycles. The monoisotopic (exact) mass is 613 g/mol. The Labute approximate surface area is 251 Å². The highest BCUT2D eigenvalue weighted by Crippen LogP contribution is 2.30. The standard InChI is InChI=1S/C30H33F2N5O5S/c1-17(2)26(24-12-19(16-43-24)27(33)34)36-29(40)23-13-22(42-30(31)32)15-37(23)25(38)14-35-28(39)18-8-10-21(11-9-18)41-20-6-4-3-5-7-20/h3-12,16-17,22-23,26,30H,13-15H2,1-2H3,(H3,33,34)(H,35,39)(H,36,40)/t22-,23+,26-/m1/s1. The minimum atomic E-state index is -3.07. The van der Waals surface area contributed by atoms with E-state index in [4.69, 9.17) is 15.9 Å². The maximum Gasteiger partial charge on any atom is 0.345 e. The van der Waals surface area contributed by atoms with Crippen molar-refractivity contribution >= 4 is 34.9 Å². The van der Waals surface area contributed by atoms with Crippen molar-refractivity contribution in [3.05, 3.63) is 82.0 Å². The number of likely N-dealkylation sites (tertiary alicyclic amines) is 1. The third kappa shape index (κ3) is 8.36. The van der Waals surface area contributed by atoms with Crippen molar-refractivity contribution in [2.24, 2.45) is 11.7 Å². The lowest BCUT2D eigenvalue weighted by Gasteiger charge is -2.27. The van der Waals surface area contributed by atoms with Gasteiger partial charge in [0.2, 0.25) is 11.8 Å². The van der Waals surface area contributed by atoms with Gasteiger partial charge in [-0.25, -0.2) is 0 Å². The number of hydrogen-bond acceptors (Lipinski definition) is 7. The number of carbonyl (C=O) groups excluding carboxylic acids is 3. The first-order valence-electron chi connectivity index (χ1n) is 13.6. The molecular formula is C30H33F2N5O5S. The summed E-state index contributed by atoms with van der Waals surface area (Å²) in [5.74, 6) is -0.688. The molecular weight excluding hydrogens is 580 g/mol. The third-order valence-corrected chi connectivity index (χ3v) is 7.89. The second kappa shape index (κ2) is 14.2. The molecule has 4 rings (SSSR count). The number of ether oxygens (including phenoxy) is 2. The number of para-hydroxylation sites is 1. The van der Waals surface area contributed by atoms with Crippen LogP contribution in [0.5, 0.6) is 11.5 Å². The molecule has 0 radical (unpaired) electrons. The van der Waals surface area contributed by atoms with Gasteiger partial charge in [-0.3, -0.25) is 19.8 Å². The Bertz CT molecular complexity index is 1430. The fourth-order valence-corrected chi connectivity index (χ4v) is 5.83. The number of nitrogens with one attached hydrogen (secondary N) is 3. The Morgan fingerprint density at radius 2 is 1.74 bits per heavy atom. The molecule has 0 bridgehead atoms. The lowest BCUT2D eigenvalue weighted by atomic mass is 10.0. The molecule has 13 heteroatoms. The number of thiophene rings is 1. The van der Waals surface area contributed by atoms with Gasteiger partial charge >= 0.3 is 6.61 Å². The number of amidine groups is 1. The maximum atomic E-state index is 13.4. The summed E-state index contributed by atoms with van der Waals surface area (Å²) in [6.07, 6.45) is -1.19. The molecule has 3 aromatic rings. The van der Waals surface area contributed by atoms with E-state index in [0.29, 0.717) is 17.1 Å². The van der Waals surface area contributed by atoms with Gasteiger partial charge < -0.3 is 30.7 Å². The van der Waals surface area contributed by atoms with Gasteiger partial charge in [0.05, 0.1) is 18.7 Å². The number of rotatable bonds is 12. The van der Waals surface area contributed by atoms with Crippen molar-refractivity contribution < 1.29 is 32.6 Å². The molecule has 1 aliphatic heterocycles. The minimum Gasteiger partial charge on any atom is -0.457 e. The highest BCUT2D eigenvalue weighted by atomic mass is 32.1. The summed E-state index contributed by atoms with van der Waals surface area (Å²) >= 11 is 1.33. The molecule has 3 atom stereocenters. The smallest absolute Gasteiger partial charge is 0.345 e. The number of benzene rings is 2. The fraction of sp³-hybridized carbons (Fsp3) is 0.333. The van der Waals surface area contributed by atoms with E-state index < -0.39 is 49.1 Å². The van der Waals surface area contributed by atoms with Gasteiger partial charge in [0.1, 0.15) is 23.4 Å². The molecule has 0 saturated carbocycles. The van der Waals surface area contributed by atoms with Gasteiger partial charge in [-0.05, 0) is 48.4 Å². The maximum absolute atomic E-state index is 13.4. The number of nitrogens with two attached hydrogens (primary N) is 1. The van der Waals surface area contributed by atoms with E-state index in [0.717, 1.165) is 9.78 Å². The van der Waals surface area contributed by atoms with Gasteiger partial charge in [-0.15, -0.1) is 11.3 Å². The topological polar surface area (TPSA) is 147 Å². The molecule has 0 spiro atoms. The van der Waals surface area contributed by atoms with Gasteiger partial charge in [0, 0.05) is 34.3 Å². The van der Waals surface area contributed by atoms with E-state index in [1.165, 1.54) is 11.3 Å². The normalized spacial score (nSPS) is 17.1. The van der Waals surface area contributed by atoms with Gasteiger partial charge in [0.25, 0.3) is 5.91 Å². The Morgan fingerprint density at radius 3 is 2.35 bits per heavy atom. The summed E-state index contributed by atoms with van der Waals surface area (Å²) in [6.45, 7) is 0.0365. The first-order valence-corrected chi connectivity index (χ1v) is 14.5. The quantitative estimate of drug-likeness (QED) is 0.177. The van der Waals surface area contributed by atoms with Crippen molar-refractivity contribution in [1.82, 2.24) is 15.5 Å². The highest BCUT2D eigenvalue weighted by Gasteiger charge is 2.42. The van der Waals surface area contributed by atoms with Crippen LogP contribution in [0.3, 0.4) is 0 Å². The van der Waals surface area contributed by atoms with Crippen LogP contribution in [0.15, 0.2) is 66.0 Å². The van der Waals surface area contributed by atoms with E-state index in [2.05, 4.69) is 15.4 Å². The average Bonchev–Trinajstić information content (AvgIpc) is 3.63. The summed E-state index contributed by atoms with van der Waals surface area (Å²) in [6, 6.07) is 15.6. The van der Waals surface area contributed by atoms with Crippen molar-refractivity contribution in [3.63, 3.8) is 0 Å². The van der Waals surface area contributed by atoms with Crippen LogP contribution in [0.2, 0.25) is 0 Å². The second-order valence-corrected chi connectivity index (χ2v) is 11.3. The van der Waals surface area contributed by atoms with E-state index in [9.17, 15) is 23.2 Å². The predicted molar refractivity (Wildman–Crippen MR) is 157 cm³/mol. The van der Waals surface area contributed by atoms with E-state index in [1.807, 2.05) is 32.0 Å². The molecule has 1 aliphatic rings. The Morgan fingerprint density at radius 1 is 1.07 bits per heavy atom.